The van der Waals surface area contributed by atoms with Crippen molar-refractivity contribution in [2.45, 2.75) is 13.0 Å². The van der Waals surface area contributed by atoms with Crippen molar-refractivity contribution in [3.63, 3.8) is 0 Å². The van der Waals surface area contributed by atoms with Crippen LogP contribution in [0.4, 0.5) is 0 Å². The van der Waals surface area contributed by atoms with Gasteiger partial charge in [0, 0.05) is 24.6 Å². The molecule has 1 heterocycles. The first-order valence-electron chi connectivity index (χ1n) is 6.42. The quantitative estimate of drug-likeness (QED) is 0.839. The lowest BCUT2D eigenvalue weighted by atomic mass is 10.2. The van der Waals surface area contributed by atoms with E-state index >= 15 is 0 Å². The Morgan fingerprint density at radius 3 is 2.86 bits per heavy atom. The molecular formula is C15H16N2O4. The van der Waals surface area contributed by atoms with Crippen LogP contribution in [0.5, 0.6) is 5.75 Å². The molecule has 0 aliphatic carbocycles. The first-order chi connectivity index (χ1) is 10.1. The predicted molar refractivity (Wildman–Crippen MR) is 76.9 cm³/mol. The van der Waals surface area contributed by atoms with Crippen LogP contribution >= 0.6 is 0 Å². The first kappa shape index (κ1) is 14.8. The topological polar surface area (TPSA) is 77.5 Å². The van der Waals surface area contributed by atoms with Crippen LogP contribution in [0.3, 0.4) is 0 Å². The highest BCUT2D eigenvalue weighted by molar-refractivity contribution is 5.83. The number of esters is 1. The summed E-state index contributed by atoms with van der Waals surface area (Å²) in [6.07, 6.45) is 1.70. The third kappa shape index (κ3) is 3.92. The Kier molecular flexibility index (Phi) is 4.71. The van der Waals surface area contributed by atoms with E-state index in [4.69, 9.17) is 4.74 Å². The van der Waals surface area contributed by atoms with Gasteiger partial charge in [-0.15, -0.1) is 0 Å². The van der Waals surface area contributed by atoms with Gasteiger partial charge < -0.3 is 14.8 Å². The fraction of sp³-hybridized carbons (Fsp3) is 0.267. The lowest BCUT2D eigenvalue weighted by molar-refractivity contribution is -0.145. The summed E-state index contributed by atoms with van der Waals surface area (Å²) >= 11 is 0. The number of ether oxygens (including phenoxy) is 2. The Hall–Kier alpha value is -2.63. The number of fused-ring (bicyclic) bond motifs is 1. The number of carbonyl (C=O) groups is 2. The summed E-state index contributed by atoms with van der Waals surface area (Å²) in [7, 11) is 1.26. The first-order valence-corrected chi connectivity index (χ1v) is 6.42. The maximum absolute atomic E-state index is 11.6. The molecule has 0 aliphatic rings. The standard InChI is InChI=1S/C15H16N2O4/c1-10(18)17-14(15(19)20-2)9-21-12-6-5-11-4-3-7-16-13(11)8-12/h3-8,14H,9H2,1-2H3,(H,17,18). The molecule has 6 heteroatoms. The minimum Gasteiger partial charge on any atom is -0.491 e. The molecule has 1 atom stereocenters. The molecule has 0 saturated carbocycles. The lowest BCUT2D eigenvalue weighted by Crippen LogP contribution is -2.44. The zero-order valence-electron chi connectivity index (χ0n) is 11.8. The number of hydrogen-bond acceptors (Lipinski definition) is 5. The second-order valence-electron chi connectivity index (χ2n) is 4.45. The SMILES string of the molecule is COC(=O)C(COc1ccc2cccnc2c1)NC(C)=O. The molecule has 110 valence electrons. The number of nitrogens with one attached hydrogen (secondary N) is 1. The summed E-state index contributed by atoms with van der Waals surface area (Å²) in [5, 5.41) is 3.48. The predicted octanol–water partition coefficient (Wildman–Crippen LogP) is 1.29. The molecule has 21 heavy (non-hydrogen) atoms. The van der Waals surface area contributed by atoms with Crippen LogP contribution < -0.4 is 10.1 Å². The maximum Gasteiger partial charge on any atom is 0.331 e. The van der Waals surface area contributed by atoms with E-state index in [9.17, 15) is 9.59 Å². The van der Waals surface area contributed by atoms with Crippen LogP contribution in [-0.4, -0.2) is 36.6 Å². The van der Waals surface area contributed by atoms with Crippen molar-refractivity contribution < 1.29 is 19.1 Å². The molecule has 1 unspecified atom stereocenters. The number of amides is 1. The Morgan fingerprint density at radius 1 is 1.33 bits per heavy atom. The van der Waals surface area contributed by atoms with Crippen molar-refractivity contribution >= 4 is 22.8 Å². The molecule has 1 aromatic carbocycles. The second-order valence-corrected chi connectivity index (χ2v) is 4.45. The average molecular weight is 288 g/mol. The molecule has 0 fully saturated rings. The van der Waals surface area contributed by atoms with Crippen LogP contribution in [0.2, 0.25) is 0 Å². The van der Waals surface area contributed by atoms with Crippen LogP contribution in [0.15, 0.2) is 36.5 Å². The number of aromatic nitrogens is 1. The summed E-state index contributed by atoms with van der Waals surface area (Å²) in [5.41, 5.74) is 0.796. The Bertz CT molecular complexity index is 657. The fourth-order valence-corrected chi connectivity index (χ4v) is 1.87. The molecule has 1 aromatic heterocycles. The number of methoxy groups -OCH3 is 1. The number of nitrogens with zero attached hydrogens (tertiary/aromatic N) is 1. The smallest absolute Gasteiger partial charge is 0.331 e. The van der Waals surface area contributed by atoms with Gasteiger partial charge in [-0.05, 0) is 18.2 Å². The minimum absolute atomic E-state index is 0.00933. The van der Waals surface area contributed by atoms with Gasteiger partial charge in [-0.25, -0.2) is 4.79 Å². The highest BCUT2D eigenvalue weighted by atomic mass is 16.5. The molecule has 0 saturated heterocycles. The molecule has 0 radical (unpaired) electrons. The molecule has 1 amide bonds. The van der Waals surface area contributed by atoms with Gasteiger partial charge in [0.2, 0.25) is 5.91 Å². The van der Waals surface area contributed by atoms with Gasteiger partial charge in [0.05, 0.1) is 12.6 Å². The van der Waals surface area contributed by atoms with Crippen molar-refractivity contribution in [2.75, 3.05) is 13.7 Å². The fourth-order valence-electron chi connectivity index (χ4n) is 1.87. The van der Waals surface area contributed by atoms with Crippen molar-refractivity contribution in [1.82, 2.24) is 10.3 Å². The zero-order chi connectivity index (χ0) is 15.2. The third-order valence-corrected chi connectivity index (χ3v) is 2.86. The molecule has 2 aromatic rings. The molecule has 6 nitrogen and oxygen atoms in total. The molecular weight excluding hydrogens is 272 g/mol. The lowest BCUT2D eigenvalue weighted by Gasteiger charge is -2.16. The summed E-state index contributed by atoms with van der Waals surface area (Å²) in [6.45, 7) is 1.32. The molecule has 2 rings (SSSR count). The van der Waals surface area contributed by atoms with Crippen LogP contribution in [-0.2, 0) is 14.3 Å². The van der Waals surface area contributed by atoms with E-state index < -0.39 is 12.0 Å². The summed E-state index contributed by atoms with van der Waals surface area (Å²) < 4.78 is 10.2. The van der Waals surface area contributed by atoms with Crippen LogP contribution in [0.25, 0.3) is 10.9 Å². The van der Waals surface area contributed by atoms with E-state index in [1.165, 1.54) is 14.0 Å². The number of hydrogen-bond donors (Lipinski definition) is 1. The number of benzene rings is 1. The van der Waals surface area contributed by atoms with Gasteiger partial charge in [-0.2, -0.15) is 0 Å². The Labute approximate surface area is 122 Å². The van der Waals surface area contributed by atoms with E-state index in [-0.39, 0.29) is 12.5 Å². The minimum atomic E-state index is -0.841. The zero-order valence-corrected chi connectivity index (χ0v) is 11.8. The van der Waals surface area contributed by atoms with Gasteiger partial charge in [-0.1, -0.05) is 6.07 Å². The van der Waals surface area contributed by atoms with Crippen LogP contribution in [0.1, 0.15) is 6.92 Å². The van der Waals surface area contributed by atoms with Crippen molar-refractivity contribution in [3.05, 3.63) is 36.5 Å². The molecule has 0 bridgehead atoms. The van der Waals surface area contributed by atoms with E-state index in [2.05, 4.69) is 15.0 Å². The van der Waals surface area contributed by atoms with Crippen molar-refractivity contribution in [1.29, 1.82) is 0 Å². The molecule has 1 N–H and O–H groups in total. The van der Waals surface area contributed by atoms with Crippen molar-refractivity contribution in [3.8, 4) is 5.75 Å². The van der Waals surface area contributed by atoms with Gasteiger partial charge >= 0.3 is 5.97 Å². The molecule has 0 spiro atoms. The Balaban J connectivity index is 2.07. The molecule has 0 aliphatic heterocycles. The maximum atomic E-state index is 11.6. The summed E-state index contributed by atoms with van der Waals surface area (Å²) in [6, 6.07) is 8.40. The van der Waals surface area contributed by atoms with E-state index in [0.717, 1.165) is 10.9 Å². The van der Waals surface area contributed by atoms with Gasteiger partial charge in [-0.3, -0.25) is 9.78 Å². The number of carbonyl (C=O) groups excluding carboxylic acids is 2. The number of pyridine rings is 1. The van der Waals surface area contributed by atoms with Crippen LogP contribution in [0, 0.1) is 0 Å². The average Bonchev–Trinajstić information content (AvgIpc) is 2.50. The van der Waals surface area contributed by atoms with E-state index in [0.29, 0.717) is 5.75 Å². The Morgan fingerprint density at radius 2 is 2.14 bits per heavy atom. The highest BCUT2D eigenvalue weighted by Gasteiger charge is 2.20. The summed E-state index contributed by atoms with van der Waals surface area (Å²) in [5.74, 6) is -0.307. The van der Waals surface area contributed by atoms with Gasteiger partial charge in [0.25, 0.3) is 0 Å². The highest BCUT2D eigenvalue weighted by Crippen LogP contribution is 2.18. The van der Waals surface area contributed by atoms with Gasteiger partial charge in [0.15, 0.2) is 6.04 Å². The number of rotatable bonds is 5. The largest absolute Gasteiger partial charge is 0.491 e. The second kappa shape index (κ2) is 6.69. The van der Waals surface area contributed by atoms with E-state index in [1.54, 1.807) is 18.3 Å². The summed E-state index contributed by atoms with van der Waals surface area (Å²) in [4.78, 5) is 26.9. The van der Waals surface area contributed by atoms with E-state index in [1.807, 2.05) is 18.2 Å². The van der Waals surface area contributed by atoms with Crippen molar-refractivity contribution in [2.24, 2.45) is 0 Å². The normalized spacial score (nSPS) is 11.7. The monoisotopic (exact) mass is 288 g/mol. The third-order valence-electron chi connectivity index (χ3n) is 2.86. The van der Waals surface area contributed by atoms with Gasteiger partial charge in [0.1, 0.15) is 12.4 Å².